The normalized spacial score (nSPS) is 26.5. The molecule has 2 fully saturated rings. The molecule has 2 aliphatic heterocycles. The first kappa shape index (κ1) is 17.5. The molecule has 1 amide bonds. The minimum Gasteiger partial charge on any atom is -0.335 e. The molecule has 2 saturated heterocycles. The third-order valence-electron chi connectivity index (χ3n) is 4.98. The van der Waals surface area contributed by atoms with Crippen molar-refractivity contribution in [3.63, 3.8) is 0 Å². The number of amides is 1. The number of nitrogens with zero attached hydrogens (tertiary/aromatic N) is 1. The molecule has 2 rings (SSSR count). The maximum absolute atomic E-state index is 12.7. The summed E-state index contributed by atoms with van der Waals surface area (Å²) in [5.74, 6) is 1.31. The number of piperidine rings is 1. The van der Waals surface area contributed by atoms with Gasteiger partial charge in [0, 0.05) is 19.0 Å². The van der Waals surface area contributed by atoms with Gasteiger partial charge in [0.15, 0.2) is 9.84 Å². The van der Waals surface area contributed by atoms with Gasteiger partial charge in [-0.1, -0.05) is 13.0 Å². The smallest absolute Gasteiger partial charge is 0.223 e. The Balaban J connectivity index is 1.95. The SMILES string of the molecule is C=CCN(C(=O)CC(C)C1CCNCC1)C1CCS(=O)(=O)C1. The summed E-state index contributed by atoms with van der Waals surface area (Å²) in [6, 6.07) is -0.171. The molecule has 6 heteroatoms. The van der Waals surface area contributed by atoms with Gasteiger partial charge in [0.25, 0.3) is 0 Å². The first-order valence-corrected chi connectivity index (χ1v) is 10.1. The summed E-state index contributed by atoms with van der Waals surface area (Å²) in [6.07, 6.45) is 5.00. The van der Waals surface area contributed by atoms with Crippen LogP contribution < -0.4 is 5.32 Å². The van der Waals surface area contributed by atoms with Crippen molar-refractivity contribution < 1.29 is 13.2 Å². The van der Waals surface area contributed by atoms with Crippen molar-refractivity contribution in [2.24, 2.45) is 11.8 Å². The molecule has 1 N–H and O–H groups in total. The second-order valence-electron chi connectivity index (χ2n) is 6.66. The summed E-state index contributed by atoms with van der Waals surface area (Å²) < 4.78 is 23.3. The van der Waals surface area contributed by atoms with Gasteiger partial charge in [-0.05, 0) is 44.2 Å². The summed E-state index contributed by atoms with van der Waals surface area (Å²) in [5, 5.41) is 3.34. The van der Waals surface area contributed by atoms with Crippen LogP contribution in [0.1, 0.15) is 32.6 Å². The maximum Gasteiger partial charge on any atom is 0.223 e. The van der Waals surface area contributed by atoms with E-state index in [2.05, 4.69) is 18.8 Å². The summed E-state index contributed by atoms with van der Waals surface area (Å²) in [5.41, 5.74) is 0. The average molecular weight is 328 g/mol. The van der Waals surface area contributed by atoms with Crippen molar-refractivity contribution in [3.05, 3.63) is 12.7 Å². The third-order valence-corrected chi connectivity index (χ3v) is 6.73. The summed E-state index contributed by atoms with van der Waals surface area (Å²) >= 11 is 0. The molecule has 0 saturated carbocycles. The molecule has 2 atom stereocenters. The van der Waals surface area contributed by atoms with Gasteiger partial charge in [-0.25, -0.2) is 8.42 Å². The zero-order chi connectivity index (χ0) is 16.2. The topological polar surface area (TPSA) is 66.5 Å². The van der Waals surface area contributed by atoms with Gasteiger partial charge in [0.1, 0.15) is 0 Å². The Bertz CT molecular complexity index is 498. The number of rotatable bonds is 6. The zero-order valence-corrected chi connectivity index (χ0v) is 14.3. The lowest BCUT2D eigenvalue weighted by atomic mass is 9.84. The highest BCUT2D eigenvalue weighted by molar-refractivity contribution is 7.91. The standard InChI is InChI=1S/C16H28N2O3S/c1-3-9-18(15-6-10-22(20,21)12-15)16(19)11-13(2)14-4-7-17-8-5-14/h3,13-15,17H,1,4-12H2,2H3. The van der Waals surface area contributed by atoms with Gasteiger partial charge >= 0.3 is 0 Å². The van der Waals surface area contributed by atoms with Crippen LogP contribution in [0.5, 0.6) is 0 Å². The Morgan fingerprint density at radius 3 is 2.59 bits per heavy atom. The Morgan fingerprint density at radius 1 is 1.36 bits per heavy atom. The lowest BCUT2D eigenvalue weighted by molar-refractivity contribution is -0.133. The van der Waals surface area contributed by atoms with Crippen LogP contribution in [0.15, 0.2) is 12.7 Å². The van der Waals surface area contributed by atoms with Crippen molar-refractivity contribution in [3.8, 4) is 0 Å². The number of nitrogens with one attached hydrogen (secondary N) is 1. The van der Waals surface area contributed by atoms with Crippen LogP contribution in [0.3, 0.4) is 0 Å². The number of hydrogen-bond acceptors (Lipinski definition) is 4. The van der Waals surface area contributed by atoms with Gasteiger partial charge < -0.3 is 10.2 Å². The van der Waals surface area contributed by atoms with E-state index in [0.29, 0.717) is 31.2 Å². The van der Waals surface area contributed by atoms with Crippen LogP contribution in [0.25, 0.3) is 0 Å². The predicted molar refractivity (Wildman–Crippen MR) is 88.3 cm³/mol. The molecule has 0 bridgehead atoms. The molecule has 0 aromatic carbocycles. The summed E-state index contributed by atoms with van der Waals surface area (Å²) in [4.78, 5) is 14.4. The van der Waals surface area contributed by atoms with E-state index >= 15 is 0 Å². The predicted octanol–water partition coefficient (Wildman–Crippen LogP) is 1.21. The highest BCUT2D eigenvalue weighted by Crippen LogP contribution is 2.26. The van der Waals surface area contributed by atoms with Crippen molar-refractivity contribution in [2.45, 2.75) is 38.6 Å². The first-order chi connectivity index (χ1) is 10.4. The molecule has 0 radical (unpaired) electrons. The molecule has 0 aromatic heterocycles. The second kappa shape index (κ2) is 7.59. The van der Waals surface area contributed by atoms with E-state index in [0.717, 1.165) is 25.9 Å². The van der Waals surface area contributed by atoms with Gasteiger partial charge in [0.2, 0.25) is 5.91 Å². The molecule has 2 heterocycles. The minimum atomic E-state index is -2.98. The molecule has 0 aliphatic carbocycles. The van der Waals surface area contributed by atoms with Crippen molar-refractivity contribution >= 4 is 15.7 Å². The average Bonchev–Trinajstić information content (AvgIpc) is 2.85. The van der Waals surface area contributed by atoms with Gasteiger partial charge in [-0.3, -0.25) is 4.79 Å². The Hall–Kier alpha value is -0.880. The van der Waals surface area contributed by atoms with E-state index in [1.165, 1.54) is 0 Å². The van der Waals surface area contributed by atoms with E-state index in [1.54, 1.807) is 11.0 Å². The van der Waals surface area contributed by atoms with Crippen LogP contribution in [-0.4, -0.2) is 56.4 Å². The molecule has 126 valence electrons. The van der Waals surface area contributed by atoms with E-state index in [4.69, 9.17) is 0 Å². The van der Waals surface area contributed by atoms with E-state index in [9.17, 15) is 13.2 Å². The van der Waals surface area contributed by atoms with E-state index < -0.39 is 9.84 Å². The Morgan fingerprint density at radius 2 is 2.05 bits per heavy atom. The van der Waals surface area contributed by atoms with Crippen LogP contribution in [0, 0.1) is 11.8 Å². The number of carbonyl (C=O) groups is 1. The highest BCUT2D eigenvalue weighted by Gasteiger charge is 2.35. The summed E-state index contributed by atoms with van der Waals surface area (Å²) in [6.45, 7) is 8.35. The molecule has 0 aromatic rings. The largest absolute Gasteiger partial charge is 0.335 e. The van der Waals surface area contributed by atoms with E-state index in [-0.39, 0.29) is 23.5 Å². The number of hydrogen-bond donors (Lipinski definition) is 1. The van der Waals surface area contributed by atoms with Gasteiger partial charge in [-0.2, -0.15) is 0 Å². The highest BCUT2D eigenvalue weighted by atomic mass is 32.2. The van der Waals surface area contributed by atoms with E-state index in [1.807, 2.05) is 0 Å². The summed E-state index contributed by atoms with van der Waals surface area (Å²) in [7, 11) is -2.98. The fourth-order valence-electron chi connectivity index (χ4n) is 3.59. The fourth-order valence-corrected chi connectivity index (χ4v) is 5.32. The molecule has 22 heavy (non-hydrogen) atoms. The van der Waals surface area contributed by atoms with Crippen LogP contribution in [-0.2, 0) is 14.6 Å². The first-order valence-electron chi connectivity index (χ1n) is 8.24. The minimum absolute atomic E-state index is 0.0769. The quantitative estimate of drug-likeness (QED) is 0.745. The number of sulfone groups is 1. The third kappa shape index (κ3) is 4.56. The molecule has 5 nitrogen and oxygen atoms in total. The monoisotopic (exact) mass is 328 g/mol. The van der Waals surface area contributed by atoms with Gasteiger partial charge in [0.05, 0.1) is 11.5 Å². The van der Waals surface area contributed by atoms with Crippen molar-refractivity contribution in [1.29, 1.82) is 0 Å². The van der Waals surface area contributed by atoms with Crippen LogP contribution in [0.2, 0.25) is 0 Å². The lowest BCUT2D eigenvalue weighted by Gasteiger charge is -2.32. The van der Waals surface area contributed by atoms with Crippen LogP contribution >= 0.6 is 0 Å². The molecule has 2 aliphatic rings. The molecule has 2 unspecified atom stereocenters. The fraction of sp³-hybridized carbons (Fsp3) is 0.812. The molecule has 0 spiro atoms. The second-order valence-corrected chi connectivity index (χ2v) is 8.89. The molecular weight excluding hydrogens is 300 g/mol. The van der Waals surface area contributed by atoms with Crippen molar-refractivity contribution in [1.82, 2.24) is 10.2 Å². The molecular formula is C16H28N2O3S. The zero-order valence-electron chi connectivity index (χ0n) is 13.5. The van der Waals surface area contributed by atoms with Gasteiger partial charge in [-0.15, -0.1) is 6.58 Å². The Labute approximate surface area is 134 Å². The number of carbonyl (C=O) groups excluding carboxylic acids is 1. The Kier molecular flexibility index (Phi) is 6.03. The van der Waals surface area contributed by atoms with Crippen molar-refractivity contribution in [2.75, 3.05) is 31.1 Å². The van der Waals surface area contributed by atoms with Crippen LogP contribution in [0.4, 0.5) is 0 Å². The maximum atomic E-state index is 12.7. The lowest BCUT2D eigenvalue weighted by Crippen LogP contribution is -2.42.